The summed E-state index contributed by atoms with van der Waals surface area (Å²) in [5.74, 6) is -0.125. The number of hydrogen-bond acceptors (Lipinski definition) is 4. The van der Waals surface area contributed by atoms with E-state index < -0.39 is 0 Å². The third-order valence-electron chi connectivity index (χ3n) is 5.42. The zero-order chi connectivity index (χ0) is 20.5. The predicted molar refractivity (Wildman–Crippen MR) is 114 cm³/mol. The Kier molecular flexibility index (Phi) is 4.59. The van der Waals surface area contributed by atoms with Gasteiger partial charge in [-0.3, -0.25) is 9.59 Å². The summed E-state index contributed by atoms with van der Waals surface area (Å²) in [6.07, 6.45) is 0.615. The third-order valence-corrected chi connectivity index (χ3v) is 5.42. The minimum Gasteiger partial charge on any atom is -0.333 e. The summed E-state index contributed by atoms with van der Waals surface area (Å²) in [4.78, 5) is 31.8. The van der Waals surface area contributed by atoms with Gasteiger partial charge in [0.1, 0.15) is 5.69 Å². The Balaban J connectivity index is 1.38. The van der Waals surface area contributed by atoms with Gasteiger partial charge in [0.05, 0.1) is 17.8 Å². The number of carbonyl (C=O) groups is 1. The van der Waals surface area contributed by atoms with Crippen molar-refractivity contribution in [1.82, 2.24) is 19.7 Å². The Morgan fingerprint density at radius 3 is 2.63 bits per heavy atom. The van der Waals surface area contributed by atoms with Crippen LogP contribution in [0.4, 0.5) is 0 Å². The van der Waals surface area contributed by atoms with Gasteiger partial charge in [0.15, 0.2) is 0 Å². The molecule has 2 aromatic carbocycles. The molecule has 1 aliphatic heterocycles. The van der Waals surface area contributed by atoms with Crippen LogP contribution in [0.15, 0.2) is 77.6 Å². The fourth-order valence-corrected chi connectivity index (χ4v) is 3.83. The van der Waals surface area contributed by atoms with Crippen LogP contribution in [0.3, 0.4) is 0 Å². The minimum absolute atomic E-state index is 0.125. The average molecular weight is 396 g/mol. The molecule has 0 saturated heterocycles. The zero-order valence-corrected chi connectivity index (χ0v) is 16.4. The van der Waals surface area contributed by atoms with Crippen molar-refractivity contribution in [1.29, 1.82) is 0 Å². The number of aromatic nitrogens is 3. The highest BCUT2D eigenvalue weighted by atomic mass is 16.2. The van der Waals surface area contributed by atoms with Crippen molar-refractivity contribution in [2.45, 2.75) is 19.5 Å². The van der Waals surface area contributed by atoms with Crippen molar-refractivity contribution in [3.05, 3.63) is 106 Å². The molecule has 0 unspecified atom stereocenters. The average Bonchev–Trinajstić information content (AvgIpc) is 2.79. The zero-order valence-electron chi connectivity index (χ0n) is 16.4. The number of benzene rings is 2. The van der Waals surface area contributed by atoms with Crippen LogP contribution in [-0.4, -0.2) is 32.1 Å². The lowest BCUT2D eigenvalue weighted by atomic mass is 10.1. The van der Waals surface area contributed by atoms with Crippen molar-refractivity contribution in [2.75, 3.05) is 6.54 Å². The second-order valence-electron chi connectivity index (χ2n) is 7.46. The Labute approximate surface area is 173 Å². The van der Waals surface area contributed by atoms with Crippen LogP contribution in [0.5, 0.6) is 0 Å². The van der Waals surface area contributed by atoms with Gasteiger partial charge in [-0.05, 0) is 17.7 Å². The summed E-state index contributed by atoms with van der Waals surface area (Å²) in [6, 6.07) is 22.8. The van der Waals surface area contributed by atoms with Gasteiger partial charge in [0.2, 0.25) is 0 Å². The fraction of sp³-hybridized carbons (Fsp3) is 0.167. The van der Waals surface area contributed by atoms with Gasteiger partial charge in [-0.25, -0.2) is 9.67 Å². The van der Waals surface area contributed by atoms with E-state index in [2.05, 4.69) is 10.1 Å². The standard InChI is InChI=1S/C24H20N4O2/c29-23-14-19-16-27(24(30)22-11-10-18-8-4-5-9-20(18)25-22)13-12-21(19)26-28(23)15-17-6-2-1-3-7-17/h1-11,14H,12-13,15-16H2. The Bertz CT molecular complexity index is 1300. The highest BCUT2D eigenvalue weighted by Gasteiger charge is 2.24. The van der Waals surface area contributed by atoms with Gasteiger partial charge in [-0.1, -0.05) is 54.6 Å². The number of pyridine rings is 1. The molecule has 1 aliphatic rings. The Morgan fingerprint density at radius 1 is 0.967 bits per heavy atom. The van der Waals surface area contributed by atoms with E-state index in [1.807, 2.05) is 60.7 Å². The van der Waals surface area contributed by atoms with Crippen molar-refractivity contribution >= 4 is 16.8 Å². The normalized spacial score (nSPS) is 13.3. The number of amides is 1. The monoisotopic (exact) mass is 396 g/mol. The molecule has 2 aromatic heterocycles. The first-order valence-electron chi connectivity index (χ1n) is 9.96. The number of nitrogens with zero attached hydrogens (tertiary/aromatic N) is 4. The molecule has 4 aromatic rings. The van der Waals surface area contributed by atoms with Crippen LogP contribution in [0.25, 0.3) is 10.9 Å². The molecule has 30 heavy (non-hydrogen) atoms. The van der Waals surface area contributed by atoms with Crippen molar-refractivity contribution < 1.29 is 4.79 Å². The number of fused-ring (bicyclic) bond motifs is 2. The molecule has 0 atom stereocenters. The van der Waals surface area contributed by atoms with Gasteiger partial charge in [-0.2, -0.15) is 5.10 Å². The molecule has 0 spiro atoms. The highest BCUT2D eigenvalue weighted by molar-refractivity contribution is 5.95. The maximum Gasteiger partial charge on any atom is 0.272 e. The topological polar surface area (TPSA) is 68.1 Å². The van der Waals surface area contributed by atoms with Crippen molar-refractivity contribution in [3.63, 3.8) is 0 Å². The second kappa shape index (κ2) is 7.55. The summed E-state index contributed by atoms with van der Waals surface area (Å²) in [5, 5.41) is 5.57. The van der Waals surface area contributed by atoms with Gasteiger partial charge in [-0.15, -0.1) is 0 Å². The Morgan fingerprint density at radius 2 is 1.77 bits per heavy atom. The number of carbonyl (C=O) groups excluding carboxylic acids is 1. The van der Waals surface area contributed by atoms with Gasteiger partial charge >= 0.3 is 0 Å². The lowest BCUT2D eigenvalue weighted by molar-refractivity contribution is 0.0727. The van der Waals surface area contributed by atoms with E-state index in [9.17, 15) is 9.59 Å². The van der Waals surface area contributed by atoms with E-state index in [1.165, 1.54) is 4.68 Å². The van der Waals surface area contributed by atoms with E-state index in [0.29, 0.717) is 31.7 Å². The fourth-order valence-electron chi connectivity index (χ4n) is 3.83. The molecule has 0 fully saturated rings. The molecular weight excluding hydrogens is 376 g/mol. The van der Waals surface area contributed by atoms with E-state index in [4.69, 9.17) is 0 Å². The van der Waals surface area contributed by atoms with Gasteiger partial charge in [0, 0.05) is 36.5 Å². The van der Waals surface area contributed by atoms with Crippen molar-refractivity contribution in [3.8, 4) is 0 Å². The van der Waals surface area contributed by atoms with Crippen molar-refractivity contribution in [2.24, 2.45) is 0 Å². The smallest absolute Gasteiger partial charge is 0.272 e. The number of rotatable bonds is 3. The molecule has 0 bridgehead atoms. The maximum absolute atomic E-state index is 13.0. The van der Waals surface area contributed by atoms with Crippen LogP contribution >= 0.6 is 0 Å². The molecule has 6 heteroatoms. The molecule has 0 radical (unpaired) electrons. The minimum atomic E-state index is -0.157. The third kappa shape index (κ3) is 3.48. The summed E-state index contributed by atoms with van der Waals surface area (Å²) in [6.45, 7) is 1.37. The van der Waals surface area contributed by atoms with E-state index in [-0.39, 0.29) is 11.5 Å². The molecule has 3 heterocycles. The molecule has 6 nitrogen and oxygen atoms in total. The van der Waals surface area contributed by atoms with Crippen LogP contribution in [-0.2, 0) is 19.5 Å². The van der Waals surface area contributed by atoms with Crippen LogP contribution in [0.2, 0.25) is 0 Å². The highest BCUT2D eigenvalue weighted by Crippen LogP contribution is 2.19. The van der Waals surface area contributed by atoms with Crippen LogP contribution < -0.4 is 5.56 Å². The van der Waals surface area contributed by atoms with E-state index in [0.717, 1.165) is 27.7 Å². The molecule has 148 valence electrons. The lowest BCUT2D eigenvalue weighted by Gasteiger charge is -2.28. The van der Waals surface area contributed by atoms with Crippen LogP contribution in [0, 0.1) is 0 Å². The summed E-state index contributed by atoms with van der Waals surface area (Å²) in [5.41, 5.74) is 3.78. The molecule has 1 amide bonds. The Hall–Kier alpha value is -3.80. The lowest BCUT2D eigenvalue weighted by Crippen LogP contribution is -2.39. The van der Waals surface area contributed by atoms with Gasteiger partial charge in [0.25, 0.3) is 11.5 Å². The number of hydrogen-bond donors (Lipinski definition) is 0. The largest absolute Gasteiger partial charge is 0.333 e. The second-order valence-corrected chi connectivity index (χ2v) is 7.46. The quantitative estimate of drug-likeness (QED) is 0.534. The summed E-state index contributed by atoms with van der Waals surface area (Å²) in [7, 11) is 0. The summed E-state index contributed by atoms with van der Waals surface area (Å²) >= 11 is 0. The molecule has 0 N–H and O–H groups in total. The molecule has 0 saturated carbocycles. The first-order valence-corrected chi connectivity index (χ1v) is 9.96. The molecule has 0 aliphatic carbocycles. The first-order chi connectivity index (χ1) is 14.7. The van der Waals surface area contributed by atoms with E-state index in [1.54, 1.807) is 17.0 Å². The summed E-state index contributed by atoms with van der Waals surface area (Å²) < 4.78 is 1.50. The SMILES string of the molecule is O=C(c1ccc2ccccc2n1)N1CCc2nn(Cc3ccccc3)c(=O)cc2C1. The molecular formula is C24H20N4O2. The maximum atomic E-state index is 13.0. The van der Waals surface area contributed by atoms with Gasteiger partial charge < -0.3 is 4.90 Å². The molecule has 5 rings (SSSR count). The first kappa shape index (κ1) is 18.2. The number of para-hydroxylation sites is 1. The van der Waals surface area contributed by atoms with E-state index >= 15 is 0 Å². The van der Waals surface area contributed by atoms with Crippen LogP contribution in [0.1, 0.15) is 27.3 Å². The predicted octanol–water partition coefficient (Wildman–Crippen LogP) is 3.04.